The second-order valence-corrected chi connectivity index (χ2v) is 9.69. The van der Waals surface area contributed by atoms with Crippen molar-refractivity contribution >= 4 is 27.4 Å². The first-order valence-corrected chi connectivity index (χ1v) is 11.3. The zero-order chi connectivity index (χ0) is 20.1. The molecule has 28 heavy (non-hydrogen) atoms. The number of sulfone groups is 1. The Morgan fingerprint density at radius 2 is 1.82 bits per heavy atom. The van der Waals surface area contributed by atoms with Crippen molar-refractivity contribution in [2.75, 3.05) is 25.3 Å². The lowest BCUT2D eigenvalue weighted by Crippen LogP contribution is -2.26. The lowest BCUT2D eigenvalue weighted by molar-refractivity contribution is -0.111. The maximum Gasteiger partial charge on any atom is 0.175 e. The van der Waals surface area contributed by atoms with Crippen molar-refractivity contribution in [1.29, 1.82) is 0 Å². The van der Waals surface area contributed by atoms with Gasteiger partial charge in [-0.2, -0.15) is 0 Å². The zero-order valence-corrected chi connectivity index (χ0v) is 17.1. The third-order valence-corrected chi connectivity index (χ3v) is 6.74. The highest BCUT2D eigenvalue weighted by Gasteiger charge is 2.31. The Hall–Kier alpha value is -2.60. The van der Waals surface area contributed by atoms with Crippen LogP contribution in [0.3, 0.4) is 0 Å². The highest BCUT2D eigenvalue weighted by molar-refractivity contribution is 7.90. The number of likely N-dealkylation sites (N-methyl/N-ethyl adjacent to an activating group) is 1. The number of hydrogen-bond acceptors (Lipinski definition) is 5. The SMILES string of the molecule is CN1C=C(c2cc(S(C)(=O)=O)ccc2N(C)C2CC2)c2ccccc2C1C=O. The molecule has 4 rings (SSSR count). The summed E-state index contributed by atoms with van der Waals surface area (Å²) in [5.74, 6) is 0. The molecule has 1 aliphatic carbocycles. The Balaban J connectivity index is 1.95. The Bertz CT molecular complexity index is 1070. The van der Waals surface area contributed by atoms with Crippen LogP contribution in [0.1, 0.15) is 35.6 Å². The van der Waals surface area contributed by atoms with Crippen LogP contribution in [0.25, 0.3) is 5.57 Å². The van der Waals surface area contributed by atoms with E-state index in [1.54, 1.807) is 12.1 Å². The van der Waals surface area contributed by atoms with Gasteiger partial charge < -0.3 is 14.6 Å². The Morgan fingerprint density at radius 1 is 1.11 bits per heavy atom. The van der Waals surface area contributed by atoms with Gasteiger partial charge in [-0.1, -0.05) is 24.3 Å². The van der Waals surface area contributed by atoms with Crippen molar-refractivity contribution < 1.29 is 13.2 Å². The predicted octanol–water partition coefficient (Wildman–Crippen LogP) is 3.26. The topological polar surface area (TPSA) is 57.7 Å². The molecule has 6 heteroatoms. The van der Waals surface area contributed by atoms with Crippen LogP contribution in [-0.4, -0.2) is 46.0 Å². The van der Waals surface area contributed by atoms with E-state index in [1.807, 2.05) is 48.5 Å². The number of hydrogen-bond donors (Lipinski definition) is 0. The molecule has 1 saturated carbocycles. The third-order valence-electron chi connectivity index (χ3n) is 5.63. The largest absolute Gasteiger partial charge is 0.371 e. The predicted molar refractivity (Wildman–Crippen MR) is 111 cm³/mol. The molecule has 0 spiro atoms. The van der Waals surface area contributed by atoms with Gasteiger partial charge >= 0.3 is 0 Å². The molecule has 0 aromatic heterocycles. The molecule has 5 nitrogen and oxygen atoms in total. The van der Waals surface area contributed by atoms with E-state index < -0.39 is 9.84 Å². The van der Waals surface area contributed by atoms with Crippen molar-refractivity contribution in [3.05, 3.63) is 65.4 Å². The van der Waals surface area contributed by atoms with Crippen LogP contribution in [-0.2, 0) is 14.6 Å². The highest BCUT2D eigenvalue weighted by Crippen LogP contribution is 2.42. The average Bonchev–Trinajstić information content (AvgIpc) is 3.51. The Kier molecular flexibility index (Phi) is 4.54. The molecule has 1 atom stereocenters. The fraction of sp³-hybridized carbons (Fsp3) is 0.318. The summed E-state index contributed by atoms with van der Waals surface area (Å²) < 4.78 is 24.4. The molecule has 1 fully saturated rings. The molecule has 0 amide bonds. The molecule has 146 valence electrons. The number of nitrogens with zero attached hydrogens (tertiary/aromatic N) is 2. The Labute approximate surface area is 166 Å². The standard InChI is InChI=1S/C22H24N2O3S/c1-23-13-20(17-6-4-5-7-18(17)22(23)14-25)19-12-16(28(3,26)27)10-11-21(19)24(2)15-8-9-15/h4-7,10-15,22H,8-9H2,1-3H3. The van der Waals surface area contributed by atoms with Gasteiger partial charge in [0, 0.05) is 49.4 Å². The van der Waals surface area contributed by atoms with Gasteiger partial charge in [-0.15, -0.1) is 0 Å². The quantitative estimate of drug-likeness (QED) is 0.726. The molecule has 0 N–H and O–H groups in total. The van der Waals surface area contributed by atoms with E-state index in [0.29, 0.717) is 10.9 Å². The van der Waals surface area contributed by atoms with E-state index in [1.165, 1.54) is 6.26 Å². The summed E-state index contributed by atoms with van der Waals surface area (Å²) >= 11 is 0. The van der Waals surface area contributed by atoms with Gasteiger partial charge in [0.25, 0.3) is 0 Å². The van der Waals surface area contributed by atoms with Crippen molar-refractivity contribution in [3.8, 4) is 0 Å². The van der Waals surface area contributed by atoms with Gasteiger partial charge in [-0.3, -0.25) is 0 Å². The summed E-state index contributed by atoms with van der Waals surface area (Å²) in [6, 6.07) is 13.3. The van der Waals surface area contributed by atoms with Crippen molar-refractivity contribution in [2.45, 2.75) is 29.8 Å². The van der Waals surface area contributed by atoms with Gasteiger partial charge in [-0.25, -0.2) is 8.42 Å². The molecule has 1 aliphatic heterocycles. The lowest BCUT2D eigenvalue weighted by atomic mass is 9.87. The number of rotatable bonds is 5. The van der Waals surface area contributed by atoms with Gasteiger partial charge in [-0.05, 0) is 42.2 Å². The Morgan fingerprint density at radius 3 is 2.46 bits per heavy atom. The molecule has 0 bridgehead atoms. The van der Waals surface area contributed by atoms with Crippen LogP contribution < -0.4 is 4.90 Å². The first-order chi connectivity index (χ1) is 13.3. The molecule has 2 aromatic rings. The number of carbonyl (C=O) groups excluding carboxylic acids is 1. The number of anilines is 1. The van der Waals surface area contributed by atoms with Crippen LogP contribution in [0.2, 0.25) is 0 Å². The minimum atomic E-state index is -3.33. The highest BCUT2D eigenvalue weighted by atomic mass is 32.2. The summed E-state index contributed by atoms with van der Waals surface area (Å²) in [6.45, 7) is 0. The minimum Gasteiger partial charge on any atom is -0.371 e. The zero-order valence-electron chi connectivity index (χ0n) is 16.3. The molecular weight excluding hydrogens is 372 g/mol. The van der Waals surface area contributed by atoms with E-state index in [-0.39, 0.29) is 6.04 Å². The maximum absolute atomic E-state index is 12.2. The summed E-state index contributed by atoms with van der Waals surface area (Å²) in [6.07, 6.45) is 6.41. The fourth-order valence-electron chi connectivity index (χ4n) is 3.88. The van der Waals surface area contributed by atoms with Crippen LogP contribution in [0.4, 0.5) is 5.69 Å². The first kappa shape index (κ1) is 18.7. The third kappa shape index (κ3) is 3.22. The molecule has 2 aromatic carbocycles. The molecule has 1 heterocycles. The van der Waals surface area contributed by atoms with Gasteiger partial charge in [0.05, 0.1) is 4.90 Å². The second-order valence-electron chi connectivity index (χ2n) is 7.67. The van der Waals surface area contributed by atoms with Crippen molar-refractivity contribution in [1.82, 2.24) is 4.90 Å². The second kappa shape index (κ2) is 6.78. The fourth-order valence-corrected chi connectivity index (χ4v) is 4.53. The van der Waals surface area contributed by atoms with Gasteiger partial charge in [0.1, 0.15) is 12.3 Å². The van der Waals surface area contributed by atoms with Crippen LogP contribution in [0.5, 0.6) is 0 Å². The lowest BCUT2D eigenvalue weighted by Gasteiger charge is -2.33. The molecular formula is C22H24N2O3S. The monoisotopic (exact) mass is 396 g/mol. The van der Waals surface area contributed by atoms with E-state index >= 15 is 0 Å². The average molecular weight is 397 g/mol. The summed E-state index contributed by atoms with van der Waals surface area (Å²) in [4.78, 5) is 16.1. The number of fused-ring (bicyclic) bond motifs is 1. The minimum absolute atomic E-state index is 0.300. The summed E-state index contributed by atoms with van der Waals surface area (Å²) in [5, 5.41) is 0. The van der Waals surface area contributed by atoms with Crippen LogP contribution in [0.15, 0.2) is 53.6 Å². The van der Waals surface area contributed by atoms with E-state index in [4.69, 9.17) is 0 Å². The van der Waals surface area contributed by atoms with Gasteiger partial charge in [0.2, 0.25) is 0 Å². The normalized spacial score (nSPS) is 19.0. The molecule has 0 radical (unpaired) electrons. The molecule has 0 saturated heterocycles. The van der Waals surface area contributed by atoms with Crippen LogP contribution in [0, 0.1) is 0 Å². The van der Waals surface area contributed by atoms with E-state index in [0.717, 1.165) is 47.1 Å². The van der Waals surface area contributed by atoms with E-state index in [2.05, 4.69) is 11.9 Å². The van der Waals surface area contributed by atoms with Crippen molar-refractivity contribution in [2.24, 2.45) is 0 Å². The first-order valence-electron chi connectivity index (χ1n) is 9.37. The van der Waals surface area contributed by atoms with Crippen molar-refractivity contribution in [3.63, 3.8) is 0 Å². The van der Waals surface area contributed by atoms with Crippen LogP contribution >= 0.6 is 0 Å². The smallest absolute Gasteiger partial charge is 0.175 e. The maximum atomic E-state index is 12.2. The number of benzene rings is 2. The number of aldehydes is 1. The van der Waals surface area contributed by atoms with E-state index in [9.17, 15) is 13.2 Å². The molecule has 2 aliphatic rings. The summed E-state index contributed by atoms with van der Waals surface area (Å²) in [5.41, 5.74) is 4.72. The summed E-state index contributed by atoms with van der Waals surface area (Å²) in [7, 11) is 0.601. The van der Waals surface area contributed by atoms with Gasteiger partial charge in [0.15, 0.2) is 9.84 Å². The molecule has 1 unspecified atom stereocenters. The number of carbonyl (C=O) groups is 1.